The van der Waals surface area contributed by atoms with Crippen LogP contribution in [0, 0.1) is 0 Å². The molecule has 2 aliphatic rings. The van der Waals surface area contributed by atoms with Gasteiger partial charge in [0.2, 0.25) is 5.95 Å². The normalized spacial score (nSPS) is 28.1. The Morgan fingerprint density at radius 3 is 3.05 bits per heavy atom. The van der Waals surface area contributed by atoms with E-state index in [-0.39, 0.29) is 12.1 Å². The Kier molecular flexibility index (Phi) is 3.11. The van der Waals surface area contributed by atoms with Crippen LogP contribution in [0.4, 0.5) is 5.95 Å². The van der Waals surface area contributed by atoms with Crippen LogP contribution in [-0.4, -0.2) is 38.5 Å². The van der Waals surface area contributed by atoms with E-state index in [4.69, 9.17) is 9.84 Å². The fourth-order valence-corrected chi connectivity index (χ4v) is 3.21. The highest BCUT2D eigenvalue weighted by atomic mass is 16.5. The molecular formula is C15H19N5O. The third-order valence-corrected chi connectivity index (χ3v) is 4.28. The highest BCUT2D eigenvalue weighted by Crippen LogP contribution is 2.34. The number of rotatable bonds is 2. The van der Waals surface area contributed by atoms with E-state index in [2.05, 4.69) is 22.2 Å². The summed E-state index contributed by atoms with van der Waals surface area (Å²) in [4.78, 5) is 8.75. The van der Waals surface area contributed by atoms with Crippen LogP contribution in [0.2, 0.25) is 0 Å². The fraction of sp³-hybridized carbons (Fsp3) is 0.533. The molecule has 1 saturated heterocycles. The van der Waals surface area contributed by atoms with E-state index in [9.17, 15) is 0 Å². The minimum absolute atomic E-state index is 0.254. The van der Waals surface area contributed by atoms with Crippen molar-refractivity contribution in [1.29, 1.82) is 0 Å². The van der Waals surface area contributed by atoms with Crippen LogP contribution in [0.5, 0.6) is 0 Å². The van der Waals surface area contributed by atoms with Crippen molar-refractivity contribution in [2.75, 3.05) is 11.9 Å². The summed E-state index contributed by atoms with van der Waals surface area (Å²) >= 11 is 0. The van der Waals surface area contributed by atoms with Gasteiger partial charge in [-0.25, -0.2) is 4.68 Å². The number of anilines is 1. The molecule has 0 radical (unpaired) electrons. The number of aromatic nitrogens is 4. The fourth-order valence-electron chi connectivity index (χ4n) is 3.21. The Bertz CT molecular complexity index is 626. The molecule has 2 aromatic rings. The average Bonchev–Trinajstić information content (AvgIpc) is 3.14. The highest BCUT2D eigenvalue weighted by Gasteiger charge is 2.35. The van der Waals surface area contributed by atoms with Crippen LogP contribution in [0.1, 0.15) is 32.2 Å². The molecule has 21 heavy (non-hydrogen) atoms. The van der Waals surface area contributed by atoms with Crippen molar-refractivity contribution in [2.24, 2.45) is 0 Å². The summed E-state index contributed by atoms with van der Waals surface area (Å²) in [5, 5.41) is 8.03. The number of hydrogen-bond donors (Lipinski definition) is 1. The van der Waals surface area contributed by atoms with Crippen molar-refractivity contribution in [3.63, 3.8) is 0 Å². The van der Waals surface area contributed by atoms with Crippen LogP contribution in [0.15, 0.2) is 24.5 Å². The maximum absolute atomic E-state index is 6.04. The molecule has 4 heterocycles. The first-order valence-electron chi connectivity index (χ1n) is 7.57. The van der Waals surface area contributed by atoms with Crippen molar-refractivity contribution in [2.45, 2.75) is 44.4 Å². The van der Waals surface area contributed by atoms with E-state index in [0.717, 1.165) is 43.1 Å². The number of hydrogen-bond acceptors (Lipinski definition) is 5. The van der Waals surface area contributed by atoms with Gasteiger partial charge in [0.1, 0.15) is 0 Å². The summed E-state index contributed by atoms with van der Waals surface area (Å²) in [6, 6.07) is 4.17. The lowest BCUT2D eigenvalue weighted by Gasteiger charge is -2.28. The van der Waals surface area contributed by atoms with E-state index in [0.29, 0.717) is 6.10 Å². The number of nitrogens with zero attached hydrogens (tertiary/aromatic N) is 4. The van der Waals surface area contributed by atoms with Crippen molar-refractivity contribution in [1.82, 2.24) is 19.7 Å². The smallest absolute Gasteiger partial charge is 0.222 e. The molecule has 6 heteroatoms. The largest absolute Gasteiger partial charge is 0.373 e. The summed E-state index contributed by atoms with van der Waals surface area (Å²) in [5.74, 6) is 1.57. The molecule has 3 atom stereocenters. The van der Waals surface area contributed by atoms with Crippen LogP contribution < -0.4 is 5.32 Å². The number of ether oxygens (including phenoxy) is 1. The predicted molar refractivity (Wildman–Crippen MR) is 79.0 cm³/mol. The standard InChI is InChI=1S/C15H19N5O/c1-10-4-5-13(21-10)12-6-8-17-15-18-14(19-20(12)15)11-3-2-7-16-9-11/h2-3,7,9-10,12-13H,4-6,8H2,1H3,(H,17,18,19). The maximum Gasteiger partial charge on any atom is 0.222 e. The predicted octanol–water partition coefficient (Wildman–Crippen LogP) is 2.26. The zero-order valence-corrected chi connectivity index (χ0v) is 12.1. The van der Waals surface area contributed by atoms with E-state index in [1.807, 2.05) is 16.8 Å². The monoisotopic (exact) mass is 285 g/mol. The van der Waals surface area contributed by atoms with Crippen molar-refractivity contribution in [3.05, 3.63) is 24.5 Å². The van der Waals surface area contributed by atoms with E-state index in [1.54, 1.807) is 12.4 Å². The molecule has 4 rings (SSSR count). The average molecular weight is 285 g/mol. The first kappa shape index (κ1) is 12.8. The second-order valence-electron chi connectivity index (χ2n) is 5.79. The molecule has 0 aromatic carbocycles. The van der Waals surface area contributed by atoms with Gasteiger partial charge in [-0.2, -0.15) is 4.98 Å². The van der Waals surface area contributed by atoms with Crippen LogP contribution in [0.3, 0.4) is 0 Å². The molecular weight excluding hydrogens is 266 g/mol. The van der Waals surface area contributed by atoms with Crippen LogP contribution in [-0.2, 0) is 4.74 Å². The minimum Gasteiger partial charge on any atom is -0.373 e. The third-order valence-electron chi connectivity index (χ3n) is 4.28. The topological polar surface area (TPSA) is 64.9 Å². The van der Waals surface area contributed by atoms with Gasteiger partial charge in [-0.1, -0.05) is 0 Å². The van der Waals surface area contributed by atoms with Gasteiger partial charge in [0.05, 0.1) is 18.2 Å². The Balaban J connectivity index is 1.67. The zero-order valence-electron chi connectivity index (χ0n) is 12.1. The van der Waals surface area contributed by atoms with E-state index >= 15 is 0 Å². The first-order chi connectivity index (χ1) is 10.3. The van der Waals surface area contributed by atoms with Gasteiger partial charge in [-0.05, 0) is 38.3 Å². The zero-order chi connectivity index (χ0) is 14.2. The summed E-state index contributed by atoms with van der Waals surface area (Å²) in [6.07, 6.45) is 7.43. The lowest BCUT2D eigenvalue weighted by Crippen LogP contribution is -2.32. The maximum atomic E-state index is 6.04. The van der Waals surface area contributed by atoms with E-state index < -0.39 is 0 Å². The molecule has 2 aromatic heterocycles. The van der Waals surface area contributed by atoms with Gasteiger partial charge < -0.3 is 10.1 Å². The van der Waals surface area contributed by atoms with Gasteiger partial charge >= 0.3 is 0 Å². The van der Waals surface area contributed by atoms with Gasteiger partial charge in [0.15, 0.2) is 5.82 Å². The van der Waals surface area contributed by atoms with Gasteiger partial charge in [0, 0.05) is 24.5 Å². The lowest BCUT2D eigenvalue weighted by atomic mass is 10.0. The molecule has 0 bridgehead atoms. The van der Waals surface area contributed by atoms with Crippen molar-refractivity contribution in [3.8, 4) is 11.4 Å². The Morgan fingerprint density at radius 2 is 2.29 bits per heavy atom. The quantitative estimate of drug-likeness (QED) is 0.917. The molecule has 1 N–H and O–H groups in total. The van der Waals surface area contributed by atoms with Crippen LogP contribution >= 0.6 is 0 Å². The Hall–Kier alpha value is -1.95. The van der Waals surface area contributed by atoms with Crippen LogP contribution in [0.25, 0.3) is 11.4 Å². The van der Waals surface area contributed by atoms with Crippen molar-refractivity contribution < 1.29 is 4.74 Å². The molecule has 6 nitrogen and oxygen atoms in total. The van der Waals surface area contributed by atoms with Crippen molar-refractivity contribution >= 4 is 5.95 Å². The van der Waals surface area contributed by atoms with E-state index in [1.165, 1.54) is 0 Å². The summed E-state index contributed by atoms with van der Waals surface area (Å²) in [7, 11) is 0. The molecule has 110 valence electrons. The molecule has 3 unspecified atom stereocenters. The van der Waals surface area contributed by atoms with Gasteiger partial charge in [-0.15, -0.1) is 5.10 Å². The molecule has 2 aliphatic heterocycles. The highest BCUT2D eigenvalue weighted by molar-refractivity contribution is 5.55. The summed E-state index contributed by atoms with van der Waals surface area (Å²) in [5.41, 5.74) is 0.945. The first-order valence-corrected chi connectivity index (χ1v) is 7.57. The summed E-state index contributed by atoms with van der Waals surface area (Å²) < 4.78 is 8.05. The third kappa shape index (κ3) is 2.29. The Morgan fingerprint density at radius 1 is 1.33 bits per heavy atom. The summed E-state index contributed by atoms with van der Waals surface area (Å²) in [6.45, 7) is 3.06. The lowest BCUT2D eigenvalue weighted by molar-refractivity contribution is 0.0173. The molecule has 0 amide bonds. The molecule has 1 fully saturated rings. The van der Waals surface area contributed by atoms with Gasteiger partial charge in [0.25, 0.3) is 0 Å². The SMILES string of the molecule is CC1CCC(C2CCNc3nc(-c4cccnc4)nn32)O1. The number of nitrogens with one attached hydrogen (secondary N) is 1. The molecule has 0 spiro atoms. The number of fused-ring (bicyclic) bond motifs is 1. The molecule has 0 saturated carbocycles. The number of pyridine rings is 1. The second kappa shape index (κ2) is 5.11. The second-order valence-corrected chi connectivity index (χ2v) is 5.79. The van der Waals surface area contributed by atoms with Gasteiger partial charge in [-0.3, -0.25) is 4.98 Å². The Labute approximate surface area is 123 Å². The minimum atomic E-state index is 0.254. The molecule has 0 aliphatic carbocycles.